The van der Waals surface area contributed by atoms with Gasteiger partial charge in [-0.25, -0.2) is 4.98 Å². The summed E-state index contributed by atoms with van der Waals surface area (Å²) in [5, 5.41) is 2.97. The fourth-order valence-electron chi connectivity index (χ4n) is 5.26. The van der Waals surface area contributed by atoms with Gasteiger partial charge in [-0.1, -0.05) is 43.5 Å². The van der Waals surface area contributed by atoms with Crippen molar-refractivity contribution in [2.24, 2.45) is 0 Å². The summed E-state index contributed by atoms with van der Waals surface area (Å²) < 4.78 is 0. The van der Waals surface area contributed by atoms with Crippen molar-refractivity contribution in [3.8, 4) is 11.4 Å². The number of rotatable bonds is 4. The van der Waals surface area contributed by atoms with Crippen LogP contribution in [0.15, 0.2) is 66.7 Å². The smallest absolute Gasteiger partial charge is 0.256 e. The van der Waals surface area contributed by atoms with Crippen LogP contribution in [0, 0.1) is 0 Å². The zero-order valence-electron chi connectivity index (χ0n) is 18.9. The molecule has 6 rings (SSSR count). The summed E-state index contributed by atoms with van der Waals surface area (Å²) in [5.41, 5.74) is 5.47. The Bertz CT molecular complexity index is 1350. The van der Waals surface area contributed by atoms with E-state index in [1.807, 2.05) is 65.6 Å². The van der Waals surface area contributed by atoms with Crippen molar-refractivity contribution in [2.45, 2.75) is 44.7 Å². The van der Waals surface area contributed by atoms with Crippen LogP contribution in [0.25, 0.3) is 22.4 Å². The molecule has 170 valence electrons. The van der Waals surface area contributed by atoms with Crippen molar-refractivity contribution in [1.82, 2.24) is 14.9 Å². The summed E-state index contributed by atoms with van der Waals surface area (Å²) >= 11 is 0. The number of nitrogens with one attached hydrogen (secondary N) is 2. The first-order valence-electron chi connectivity index (χ1n) is 12.0. The molecule has 0 bridgehead atoms. The minimum atomic E-state index is -0.257. The second kappa shape index (κ2) is 8.45. The Morgan fingerprint density at radius 3 is 2.53 bits per heavy atom. The predicted molar refractivity (Wildman–Crippen MR) is 133 cm³/mol. The average molecular weight is 451 g/mol. The Morgan fingerprint density at radius 2 is 1.74 bits per heavy atom. The minimum absolute atomic E-state index is 0.00659. The van der Waals surface area contributed by atoms with Gasteiger partial charge >= 0.3 is 0 Å². The maximum Gasteiger partial charge on any atom is 0.256 e. The Labute approximate surface area is 198 Å². The number of nitrogens with zero attached hydrogens (tertiary/aromatic N) is 2. The molecule has 1 aliphatic heterocycles. The molecule has 0 unspecified atom stereocenters. The summed E-state index contributed by atoms with van der Waals surface area (Å²) in [6.07, 6.45) is 5.69. The number of benzene rings is 3. The van der Waals surface area contributed by atoms with E-state index >= 15 is 0 Å². The lowest BCUT2D eigenvalue weighted by Gasteiger charge is -2.30. The fourth-order valence-corrected chi connectivity index (χ4v) is 5.26. The number of amides is 2. The summed E-state index contributed by atoms with van der Waals surface area (Å²) in [5.74, 6) is 0.522. The van der Waals surface area contributed by atoms with E-state index in [4.69, 9.17) is 0 Å². The second-order valence-electron chi connectivity index (χ2n) is 9.20. The molecule has 6 nitrogen and oxygen atoms in total. The van der Waals surface area contributed by atoms with E-state index in [9.17, 15) is 9.59 Å². The van der Waals surface area contributed by atoms with Crippen molar-refractivity contribution < 1.29 is 9.59 Å². The van der Waals surface area contributed by atoms with Gasteiger partial charge in [0.25, 0.3) is 11.8 Å². The van der Waals surface area contributed by atoms with Crippen LogP contribution in [0.1, 0.15) is 58.4 Å². The average Bonchev–Trinajstić information content (AvgIpc) is 3.46. The third kappa shape index (κ3) is 3.65. The molecule has 4 aromatic rings. The second-order valence-corrected chi connectivity index (χ2v) is 9.20. The van der Waals surface area contributed by atoms with Crippen LogP contribution in [0.2, 0.25) is 0 Å². The van der Waals surface area contributed by atoms with E-state index in [1.54, 1.807) is 6.07 Å². The number of hydrogen-bond acceptors (Lipinski definition) is 3. The molecule has 0 saturated heterocycles. The highest BCUT2D eigenvalue weighted by Gasteiger charge is 2.36. The molecule has 2 aliphatic rings. The summed E-state index contributed by atoms with van der Waals surface area (Å²) in [4.78, 5) is 36.4. The normalized spacial score (nSPS) is 16.1. The molecule has 2 heterocycles. The van der Waals surface area contributed by atoms with Gasteiger partial charge in [-0.2, -0.15) is 0 Å². The first-order chi connectivity index (χ1) is 16.7. The van der Waals surface area contributed by atoms with Crippen LogP contribution < -0.4 is 5.32 Å². The van der Waals surface area contributed by atoms with Crippen LogP contribution in [-0.4, -0.2) is 32.7 Å². The quantitative estimate of drug-likeness (QED) is 0.414. The van der Waals surface area contributed by atoms with Gasteiger partial charge in [-0.15, -0.1) is 0 Å². The maximum absolute atomic E-state index is 13.3. The zero-order valence-corrected chi connectivity index (χ0v) is 18.9. The minimum Gasteiger partial charge on any atom is -0.338 e. The van der Waals surface area contributed by atoms with E-state index in [0.29, 0.717) is 23.4 Å². The Kier molecular flexibility index (Phi) is 5.13. The number of anilines is 1. The van der Waals surface area contributed by atoms with Gasteiger partial charge in [0.05, 0.1) is 22.2 Å². The maximum atomic E-state index is 13.3. The summed E-state index contributed by atoms with van der Waals surface area (Å²) in [6, 6.07) is 21.4. The molecular weight excluding hydrogens is 424 g/mol. The zero-order chi connectivity index (χ0) is 23.1. The molecule has 0 atom stereocenters. The number of carbonyl (C=O) groups excluding carboxylic acids is 2. The number of para-hydroxylation sites is 2. The lowest BCUT2D eigenvalue weighted by molar-refractivity contribution is 0.0657. The molecule has 6 heteroatoms. The topological polar surface area (TPSA) is 78.1 Å². The van der Waals surface area contributed by atoms with Gasteiger partial charge in [-0.05, 0) is 60.9 Å². The van der Waals surface area contributed by atoms with Crippen molar-refractivity contribution in [1.29, 1.82) is 0 Å². The van der Waals surface area contributed by atoms with Gasteiger partial charge in [0.1, 0.15) is 5.82 Å². The molecule has 1 saturated carbocycles. The monoisotopic (exact) mass is 450 g/mol. The van der Waals surface area contributed by atoms with E-state index in [-0.39, 0.29) is 17.9 Å². The highest BCUT2D eigenvalue weighted by molar-refractivity contribution is 6.13. The van der Waals surface area contributed by atoms with Crippen LogP contribution in [0.5, 0.6) is 0 Å². The Balaban J connectivity index is 1.21. The molecule has 2 amide bonds. The Morgan fingerprint density at radius 1 is 0.941 bits per heavy atom. The highest BCUT2D eigenvalue weighted by Crippen LogP contribution is 2.33. The number of carbonyl (C=O) groups is 2. The molecule has 0 radical (unpaired) electrons. The van der Waals surface area contributed by atoms with Gasteiger partial charge in [0.2, 0.25) is 0 Å². The lowest BCUT2D eigenvalue weighted by Crippen LogP contribution is -2.37. The van der Waals surface area contributed by atoms with E-state index in [1.165, 1.54) is 19.3 Å². The van der Waals surface area contributed by atoms with Crippen molar-refractivity contribution in [3.63, 3.8) is 0 Å². The first kappa shape index (κ1) is 20.7. The SMILES string of the molecule is O=C(Nc1ccc(-c2nc3ccccc3[nH]2)cc1)c1cccc2c1C(=O)N(C1CCCCC1)C2. The summed E-state index contributed by atoms with van der Waals surface area (Å²) in [7, 11) is 0. The van der Waals surface area contributed by atoms with Gasteiger partial charge < -0.3 is 15.2 Å². The molecule has 1 aromatic heterocycles. The van der Waals surface area contributed by atoms with Gasteiger partial charge in [-0.3, -0.25) is 9.59 Å². The van der Waals surface area contributed by atoms with Crippen LogP contribution >= 0.6 is 0 Å². The third-order valence-electron chi connectivity index (χ3n) is 7.03. The van der Waals surface area contributed by atoms with Crippen molar-refractivity contribution in [3.05, 3.63) is 83.4 Å². The molecule has 3 aromatic carbocycles. The van der Waals surface area contributed by atoms with E-state index in [0.717, 1.165) is 40.8 Å². The van der Waals surface area contributed by atoms with Crippen LogP contribution in [-0.2, 0) is 6.54 Å². The van der Waals surface area contributed by atoms with Gasteiger partial charge in [0.15, 0.2) is 0 Å². The molecule has 1 fully saturated rings. The first-order valence-corrected chi connectivity index (χ1v) is 12.0. The standard InChI is InChI=1S/C28H26N4O2/c33-27(22-10-6-7-19-17-32(28(34)25(19)22)21-8-2-1-3-9-21)29-20-15-13-18(14-16-20)26-30-23-11-4-5-12-24(23)31-26/h4-7,10-16,21H,1-3,8-9,17H2,(H,29,33)(H,30,31). The number of H-pyrrole nitrogens is 1. The molecule has 1 aliphatic carbocycles. The van der Waals surface area contributed by atoms with Crippen LogP contribution in [0.3, 0.4) is 0 Å². The third-order valence-corrected chi connectivity index (χ3v) is 7.03. The van der Waals surface area contributed by atoms with Crippen molar-refractivity contribution in [2.75, 3.05) is 5.32 Å². The highest BCUT2D eigenvalue weighted by atomic mass is 16.2. The fraction of sp³-hybridized carbons (Fsp3) is 0.250. The molecule has 2 N–H and O–H groups in total. The molecule has 0 spiro atoms. The van der Waals surface area contributed by atoms with E-state index < -0.39 is 0 Å². The van der Waals surface area contributed by atoms with Crippen LogP contribution in [0.4, 0.5) is 5.69 Å². The molecular formula is C28H26N4O2. The largest absolute Gasteiger partial charge is 0.338 e. The molecule has 34 heavy (non-hydrogen) atoms. The number of imidazole rings is 1. The number of hydrogen-bond donors (Lipinski definition) is 2. The predicted octanol–water partition coefficient (Wildman–Crippen LogP) is 5.77. The number of aromatic amines is 1. The number of fused-ring (bicyclic) bond motifs is 2. The Hall–Kier alpha value is -3.93. The lowest BCUT2D eigenvalue weighted by atomic mass is 9.94. The summed E-state index contributed by atoms with van der Waals surface area (Å²) in [6.45, 7) is 0.603. The van der Waals surface area contributed by atoms with Gasteiger partial charge in [0, 0.05) is 23.8 Å². The van der Waals surface area contributed by atoms with E-state index in [2.05, 4.69) is 15.3 Å². The van der Waals surface area contributed by atoms with Crippen molar-refractivity contribution >= 4 is 28.5 Å². The number of aromatic nitrogens is 2.